The van der Waals surface area contributed by atoms with Crippen molar-refractivity contribution in [3.05, 3.63) is 29.8 Å². The summed E-state index contributed by atoms with van der Waals surface area (Å²) in [5, 5.41) is 3.29. The second kappa shape index (κ2) is 6.54. The Kier molecular flexibility index (Phi) is 4.99. The third-order valence-corrected chi connectivity index (χ3v) is 5.21. The molecule has 0 atom stereocenters. The Labute approximate surface area is 126 Å². The summed E-state index contributed by atoms with van der Waals surface area (Å²) in [6, 6.07) is 7.00. The molecule has 4 nitrogen and oxygen atoms in total. The molecule has 0 bridgehead atoms. The molecule has 1 aliphatic carbocycles. The zero-order chi connectivity index (χ0) is 14.6. The number of hydrogen-bond donors (Lipinski definition) is 2. The number of sulfonamides is 1. The predicted molar refractivity (Wildman–Crippen MR) is 84.1 cm³/mol. The smallest absolute Gasteiger partial charge is 0.263 e. The monoisotopic (exact) mass is 312 g/mol. The first kappa shape index (κ1) is 15.3. The van der Waals surface area contributed by atoms with Gasteiger partial charge in [0.1, 0.15) is 0 Å². The lowest BCUT2D eigenvalue weighted by Crippen LogP contribution is -2.44. The number of nitrogens with one attached hydrogen (secondary N) is 2. The van der Waals surface area contributed by atoms with Crippen molar-refractivity contribution in [3.8, 4) is 0 Å². The number of rotatable bonds is 3. The Morgan fingerprint density at radius 2 is 1.75 bits per heavy atom. The summed E-state index contributed by atoms with van der Waals surface area (Å²) in [7, 11) is -3.58. The van der Waals surface area contributed by atoms with E-state index < -0.39 is 10.0 Å². The molecule has 1 fully saturated rings. The van der Waals surface area contributed by atoms with Crippen molar-refractivity contribution in [2.24, 2.45) is 0 Å². The van der Waals surface area contributed by atoms with Crippen LogP contribution in [0.1, 0.15) is 37.7 Å². The largest absolute Gasteiger partial charge is 0.359 e. The van der Waals surface area contributed by atoms with E-state index in [0.717, 1.165) is 18.4 Å². The van der Waals surface area contributed by atoms with Crippen LogP contribution in [0.15, 0.2) is 29.2 Å². The minimum absolute atomic E-state index is 0.192. The first-order valence-corrected chi connectivity index (χ1v) is 8.76. The lowest BCUT2D eigenvalue weighted by Gasteiger charge is -2.24. The van der Waals surface area contributed by atoms with Gasteiger partial charge in [-0.1, -0.05) is 37.0 Å². The highest BCUT2D eigenvalue weighted by atomic mass is 32.2. The van der Waals surface area contributed by atoms with Gasteiger partial charge in [0.2, 0.25) is 0 Å². The highest BCUT2D eigenvalue weighted by Crippen LogP contribution is 2.17. The van der Waals surface area contributed by atoms with Crippen LogP contribution in [0.4, 0.5) is 0 Å². The topological polar surface area (TPSA) is 58.2 Å². The fourth-order valence-electron chi connectivity index (χ4n) is 2.36. The predicted octanol–water partition coefficient (Wildman–Crippen LogP) is 2.48. The maximum Gasteiger partial charge on any atom is 0.263 e. The molecule has 1 aliphatic rings. The molecule has 0 aromatic heterocycles. The molecule has 2 rings (SSSR count). The summed E-state index contributed by atoms with van der Waals surface area (Å²) >= 11 is 5.11. The first-order valence-electron chi connectivity index (χ1n) is 6.87. The fourth-order valence-corrected chi connectivity index (χ4v) is 3.77. The molecule has 0 saturated heterocycles. The van der Waals surface area contributed by atoms with E-state index in [1.165, 1.54) is 19.3 Å². The van der Waals surface area contributed by atoms with Crippen LogP contribution in [0.5, 0.6) is 0 Å². The second-order valence-corrected chi connectivity index (χ2v) is 7.32. The molecule has 0 amide bonds. The Morgan fingerprint density at radius 1 is 1.15 bits per heavy atom. The fraction of sp³-hybridized carbons (Fsp3) is 0.500. The summed E-state index contributed by atoms with van der Waals surface area (Å²) in [6.07, 6.45) is 5.69. The van der Waals surface area contributed by atoms with Crippen molar-refractivity contribution >= 4 is 27.4 Å². The molecule has 20 heavy (non-hydrogen) atoms. The van der Waals surface area contributed by atoms with E-state index in [4.69, 9.17) is 12.2 Å². The zero-order valence-electron chi connectivity index (χ0n) is 11.6. The standard InChI is InChI=1S/C14H20N2O2S2/c1-11-7-9-13(10-8-11)20(17,18)16-14(19)15-12-5-3-2-4-6-12/h7-10,12H,2-6H2,1H3,(H2,15,16,19). The first-order chi connectivity index (χ1) is 9.47. The number of hydrogen-bond acceptors (Lipinski definition) is 3. The van der Waals surface area contributed by atoms with E-state index in [0.29, 0.717) is 0 Å². The van der Waals surface area contributed by atoms with Gasteiger partial charge in [0.15, 0.2) is 5.11 Å². The second-order valence-electron chi connectivity index (χ2n) is 5.23. The van der Waals surface area contributed by atoms with Gasteiger partial charge in [-0.05, 0) is 44.1 Å². The highest BCUT2D eigenvalue weighted by Gasteiger charge is 2.18. The number of aryl methyl sites for hydroxylation is 1. The molecule has 0 heterocycles. The quantitative estimate of drug-likeness (QED) is 0.842. The average molecular weight is 312 g/mol. The molecule has 2 N–H and O–H groups in total. The minimum atomic E-state index is -3.58. The van der Waals surface area contributed by atoms with E-state index in [1.807, 2.05) is 6.92 Å². The lowest BCUT2D eigenvalue weighted by molar-refractivity contribution is 0.413. The number of thiocarbonyl (C=S) groups is 1. The summed E-state index contributed by atoms with van der Waals surface area (Å²) in [4.78, 5) is 0.232. The van der Waals surface area contributed by atoms with E-state index in [-0.39, 0.29) is 16.0 Å². The molecule has 0 radical (unpaired) electrons. The van der Waals surface area contributed by atoms with Crippen LogP contribution in [0.2, 0.25) is 0 Å². The van der Waals surface area contributed by atoms with Gasteiger partial charge in [0.25, 0.3) is 10.0 Å². The third-order valence-electron chi connectivity index (χ3n) is 3.50. The van der Waals surface area contributed by atoms with Gasteiger partial charge in [-0.25, -0.2) is 8.42 Å². The maximum absolute atomic E-state index is 12.2. The Morgan fingerprint density at radius 3 is 2.35 bits per heavy atom. The molecule has 0 aliphatic heterocycles. The molecule has 0 spiro atoms. The highest BCUT2D eigenvalue weighted by molar-refractivity contribution is 7.91. The van der Waals surface area contributed by atoms with Crippen molar-refractivity contribution in [2.45, 2.75) is 50.0 Å². The Hall–Kier alpha value is -1.14. The van der Waals surface area contributed by atoms with Gasteiger partial charge in [0.05, 0.1) is 4.90 Å². The van der Waals surface area contributed by atoms with Gasteiger partial charge in [-0.3, -0.25) is 4.72 Å². The minimum Gasteiger partial charge on any atom is -0.359 e. The van der Waals surface area contributed by atoms with Gasteiger partial charge in [-0.15, -0.1) is 0 Å². The van der Waals surface area contributed by atoms with Gasteiger partial charge < -0.3 is 5.32 Å². The molecule has 110 valence electrons. The van der Waals surface area contributed by atoms with Crippen LogP contribution in [-0.4, -0.2) is 19.6 Å². The van der Waals surface area contributed by atoms with Gasteiger partial charge in [0, 0.05) is 6.04 Å². The van der Waals surface area contributed by atoms with Crippen LogP contribution >= 0.6 is 12.2 Å². The van der Waals surface area contributed by atoms with Crippen LogP contribution in [0.3, 0.4) is 0 Å². The van der Waals surface area contributed by atoms with Crippen LogP contribution in [0.25, 0.3) is 0 Å². The Bertz CT molecular complexity index is 561. The normalized spacial score (nSPS) is 16.6. The van der Waals surface area contributed by atoms with Crippen molar-refractivity contribution < 1.29 is 8.42 Å². The van der Waals surface area contributed by atoms with Crippen LogP contribution < -0.4 is 10.0 Å². The maximum atomic E-state index is 12.2. The number of benzene rings is 1. The van der Waals surface area contributed by atoms with Crippen molar-refractivity contribution in [1.29, 1.82) is 0 Å². The molecular formula is C14H20N2O2S2. The SMILES string of the molecule is Cc1ccc(S(=O)(=O)NC(=S)NC2CCCCC2)cc1. The van der Waals surface area contributed by atoms with Crippen molar-refractivity contribution in [3.63, 3.8) is 0 Å². The average Bonchev–Trinajstić information content (AvgIpc) is 2.39. The molecule has 1 aromatic carbocycles. The molecule has 6 heteroatoms. The zero-order valence-corrected chi connectivity index (χ0v) is 13.2. The molecule has 0 unspecified atom stereocenters. The molecule has 1 aromatic rings. The van der Waals surface area contributed by atoms with E-state index >= 15 is 0 Å². The summed E-state index contributed by atoms with van der Waals surface area (Å²) < 4.78 is 26.7. The third kappa shape index (κ3) is 4.18. The van der Waals surface area contributed by atoms with Gasteiger partial charge in [-0.2, -0.15) is 0 Å². The van der Waals surface area contributed by atoms with Crippen molar-refractivity contribution in [1.82, 2.24) is 10.0 Å². The summed E-state index contributed by atoms with van der Waals surface area (Å²) in [5.41, 5.74) is 1.02. The lowest BCUT2D eigenvalue weighted by atomic mass is 9.96. The van der Waals surface area contributed by atoms with Crippen LogP contribution in [-0.2, 0) is 10.0 Å². The van der Waals surface area contributed by atoms with E-state index in [9.17, 15) is 8.42 Å². The van der Waals surface area contributed by atoms with E-state index in [1.54, 1.807) is 24.3 Å². The molecule has 1 saturated carbocycles. The molecular weight excluding hydrogens is 292 g/mol. The Balaban J connectivity index is 1.97. The van der Waals surface area contributed by atoms with Crippen LogP contribution in [0, 0.1) is 6.92 Å². The summed E-state index contributed by atoms with van der Waals surface area (Å²) in [6.45, 7) is 1.92. The summed E-state index contributed by atoms with van der Waals surface area (Å²) in [5.74, 6) is 0. The van der Waals surface area contributed by atoms with Gasteiger partial charge >= 0.3 is 0 Å². The van der Waals surface area contributed by atoms with E-state index in [2.05, 4.69) is 10.0 Å². The van der Waals surface area contributed by atoms with Crippen molar-refractivity contribution in [2.75, 3.05) is 0 Å².